The van der Waals surface area contributed by atoms with Gasteiger partial charge in [-0.1, -0.05) is 0 Å². The van der Waals surface area contributed by atoms with E-state index in [2.05, 4.69) is 10.5 Å². The zero-order chi connectivity index (χ0) is 17.1. The van der Waals surface area contributed by atoms with E-state index in [1.165, 1.54) is 25.5 Å². The Bertz CT molecular complexity index is 973. The van der Waals surface area contributed by atoms with Crippen LogP contribution in [0.1, 0.15) is 20.9 Å². The SMILES string of the molecule is COc1ccc2cc(C(N)=O)c(=NNC(=O)c3ccco3)oc2c1. The molecule has 3 N–H and O–H groups in total. The van der Waals surface area contributed by atoms with E-state index in [1.807, 2.05) is 0 Å². The molecule has 3 rings (SSSR count). The van der Waals surface area contributed by atoms with Crippen LogP contribution >= 0.6 is 0 Å². The third-order valence-electron chi connectivity index (χ3n) is 3.23. The maximum atomic E-state index is 11.8. The summed E-state index contributed by atoms with van der Waals surface area (Å²) in [5, 5.41) is 4.46. The first kappa shape index (κ1) is 15.3. The van der Waals surface area contributed by atoms with Crippen LogP contribution in [0, 0.1) is 0 Å². The zero-order valence-corrected chi connectivity index (χ0v) is 12.6. The Morgan fingerprint density at radius 1 is 1.25 bits per heavy atom. The largest absolute Gasteiger partial charge is 0.497 e. The molecule has 0 fully saturated rings. The number of rotatable bonds is 4. The van der Waals surface area contributed by atoms with Gasteiger partial charge in [0, 0.05) is 11.5 Å². The summed E-state index contributed by atoms with van der Waals surface area (Å²) in [6, 6.07) is 9.64. The third-order valence-corrected chi connectivity index (χ3v) is 3.23. The van der Waals surface area contributed by atoms with E-state index in [1.54, 1.807) is 24.3 Å². The number of hydrogen-bond acceptors (Lipinski definition) is 6. The van der Waals surface area contributed by atoms with E-state index in [0.29, 0.717) is 16.7 Å². The van der Waals surface area contributed by atoms with Crippen LogP contribution in [0.15, 0.2) is 56.6 Å². The van der Waals surface area contributed by atoms with Crippen LogP contribution in [-0.2, 0) is 0 Å². The molecule has 0 unspecified atom stereocenters. The summed E-state index contributed by atoms with van der Waals surface area (Å²) in [5.74, 6) is -0.677. The molecule has 2 aromatic heterocycles. The van der Waals surface area contributed by atoms with Gasteiger partial charge in [-0.25, -0.2) is 5.43 Å². The van der Waals surface area contributed by atoms with Gasteiger partial charge in [-0.2, -0.15) is 0 Å². The number of amides is 2. The van der Waals surface area contributed by atoms with E-state index in [4.69, 9.17) is 19.3 Å². The minimum Gasteiger partial charge on any atom is -0.497 e. The Hall–Kier alpha value is -3.55. The van der Waals surface area contributed by atoms with Gasteiger partial charge < -0.3 is 19.3 Å². The molecule has 8 heteroatoms. The van der Waals surface area contributed by atoms with E-state index in [9.17, 15) is 9.59 Å². The second kappa shape index (κ2) is 6.29. The minimum atomic E-state index is -0.734. The van der Waals surface area contributed by atoms with Crippen LogP contribution in [-0.4, -0.2) is 18.9 Å². The lowest BCUT2D eigenvalue weighted by Crippen LogP contribution is -2.26. The molecule has 0 radical (unpaired) electrons. The number of benzene rings is 1. The summed E-state index contributed by atoms with van der Waals surface area (Å²) in [6.45, 7) is 0. The summed E-state index contributed by atoms with van der Waals surface area (Å²) < 4.78 is 15.6. The van der Waals surface area contributed by atoms with Crippen molar-refractivity contribution in [2.45, 2.75) is 0 Å². The molecule has 122 valence electrons. The summed E-state index contributed by atoms with van der Waals surface area (Å²) in [6.07, 6.45) is 1.36. The molecule has 3 aromatic rings. The van der Waals surface area contributed by atoms with E-state index < -0.39 is 11.8 Å². The first-order chi connectivity index (χ1) is 11.6. The standard InChI is InChI=1S/C16H13N3O5/c1-22-10-5-4-9-7-11(14(17)20)16(24-13(9)8-10)19-18-15(21)12-3-2-6-23-12/h2-8H,1H3,(H2,17,20)(H,18,21). The van der Waals surface area contributed by atoms with Crippen LogP contribution in [0.2, 0.25) is 0 Å². The van der Waals surface area contributed by atoms with Crippen molar-refractivity contribution in [1.82, 2.24) is 5.43 Å². The van der Waals surface area contributed by atoms with Crippen molar-refractivity contribution in [1.29, 1.82) is 0 Å². The zero-order valence-electron chi connectivity index (χ0n) is 12.6. The van der Waals surface area contributed by atoms with Gasteiger partial charge in [0.25, 0.3) is 5.91 Å². The average Bonchev–Trinajstić information content (AvgIpc) is 3.12. The number of methoxy groups -OCH3 is 1. The average molecular weight is 327 g/mol. The molecule has 1 aromatic carbocycles. The number of ether oxygens (including phenoxy) is 1. The van der Waals surface area contributed by atoms with E-state index in [-0.39, 0.29) is 16.9 Å². The monoisotopic (exact) mass is 327 g/mol. The van der Waals surface area contributed by atoms with Crippen molar-refractivity contribution in [3.8, 4) is 5.75 Å². The molecule has 2 amide bonds. The summed E-state index contributed by atoms with van der Waals surface area (Å²) >= 11 is 0. The Morgan fingerprint density at radius 2 is 2.08 bits per heavy atom. The quantitative estimate of drug-likeness (QED) is 0.701. The molecular weight excluding hydrogens is 314 g/mol. The highest BCUT2D eigenvalue weighted by Crippen LogP contribution is 2.20. The van der Waals surface area contributed by atoms with Gasteiger partial charge in [0.1, 0.15) is 16.9 Å². The highest BCUT2D eigenvalue weighted by atomic mass is 16.5. The molecule has 0 aliphatic heterocycles. The van der Waals surface area contributed by atoms with Gasteiger partial charge in [-0.05, 0) is 30.3 Å². The topological polar surface area (TPSA) is 120 Å². The Balaban J connectivity index is 2.06. The number of nitrogens with zero attached hydrogens (tertiary/aromatic N) is 1. The first-order valence-electron chi connectivity index (χ1n) is 6.88. The molecule has 0 aliphatic rings. The van der Waals surface area contributed by atoms with Crippen molar-refractivity contribution in [3.05, 3.63) is 59.5 Å². The second-order valence-electron chi connectivity index (χ2n) is 4.76. The fraction of sp³-hybridized carbons (Fsp3) is 0.0625. The minimum absolute atomic E-state index is 0.0346. The van der Waals surface area contributed by atoms with Gasteiger partial charge in [0.15, 0.2) is 5.76 Å². The summed E-state index contributed by atoms with van der Waals surface area (Å²) in [7, 11) is 1.52. The lowest BCUT2D eigenvalue weighted by molar-refractivity contribution is 0.0920. The summed E-state index contributed by atoms with van der Waals surface area (Å²) in [5.41, 5.74) is 7.93. The maximum absolute atomic E-state index is 11.8. The molecule has 0 atom stereocenters. The smallest absolute Gasteiger partial charge is 0.307 e. The Kier molecular flexibility index (Phi) is 4.02. The molecule has 24 heavy (non-hydrogen) atoms. The molecular formula is C16H13N3O5. The third kappa shape index (κ3) is 2.98. The number of hydrogen-bond donors (Lipinski definition) is 2. The van der Waals surface area contributed by atoms with Crippen molar-refractivity contribution in [2.24, 2.45) is 10.8 Å². The van der Waals surface area contributed by atoms with E-state index in [0.717, 1.165) is 0 Å². The van der Waals surface area contributed by atoms with Crippen molar-refractivity contribution in [3.63, 3.8) is 0 Å². The predicted molar refractivity (Wildman–Crippen MR) is 83.0 cm³/mol. The van der Waals surface area contributed by atoms with Crippen molar-refractivity contribution in [2.75, 3.05) is 7.11 Å². The fourth-order valence-corrected chi connectivity index (χ4v) is 2.05. The molecule has 0 saturated carbocycles. The first-order valence-corrected chi connectivity index (χ1v) is 6.88. The number of nitrogens with one attached hydrogen (secondary N) is 1. The molecule has 8 nitrogen and oxygen atoms in total. The van der Waals surface area contributed by atoms with Gasteiger partial charge in [-0.3, -0.25) is 9.59 Å². The highest BCUT2D eigenvalue weighted by molar-refractivity contribution is 5.95. The van der Waals surface area contributed by atoms with Crippen LogP contribution in [0.25, 0.3) is 11.0 Å². The number of furan rings is 1. The van der Waals surface area contributed by atoms with Crippen LogP contribution < -0.4 is 21.5 Å². The number of fused-ring (bicyclic) bond motifs is 1. The molecule has 0 spiro atoms. The number of primary amides is 1. The molecule has 2 heterocycles. The van der Waals surface area contributed by atoms with Crippen molar-refractivity contribution < 1.29 is 23.2 Å². The van der Waals surface area contributed by atoms with Crippen molar-refractivity contribution >= 4 is 22.8 Å². The lowest BCUT2D eigenvalue weighted by Gasteiger charge is -2.04. The van der Waals surface area contributed by atoms with Gasteiger partial charge in [0.05, 0.1) is 13.4 Å². The van der Waals surface area contributed by atoms with Gasteiger partial charge >= 0.3 is 5.91 Å². The number of carbonyl (C=O) groups excluding carboxylic acids is 2. The lowest BCUT2D eigenvalue weighted by atomic mass is 10.1. The second-order valence-corrected chi connectivity index (χ2v) is 4.76. The van der Waals surface area contributed by atoms with Gasteiger partial charge in [0.2, 0.25) is 5.55 Å². The fourth-order valence-electron chi connectivity index (χ4n) is 2.05. The van der Waals surface area contributed by atoms with Crippen LogP contribution in [0.3, 0.4) is 0 Å². The normalized spacial score (nSPS) is 11.5. The Labute approximate surface area is 135 Å². The van der Waals surface area contributed by atoms with Gasteiger partial charge in [-0.15, -0.1) is 5.10 Å². The van der Waals surface area contributed by atoms with E-state index >= 15 is 0 Å². The highest BCUT2D eigenvalue weighted by Gasteiger charge is 2.12. The predicted octanol–water partition coefficient (Wildman–Crippen LogP) is 1.38. The maximum Gasteiger partial charge on any atom is 0.307 e. The number of nitrogens with two attached hydrogens (primary N) is 1. The molecule has 0 bridgehead atoms. The van der Waals surface area contributed by atoms with Crippen LogP contribution in [0.4, 0.5) is 0 Å². The Morgan fingerprint density at radius 3 is 2.75 bits per heavy atom. The van der Waals surface area contributed by atoms with Crippen LogP contribution in [0.5, 0.6) is 5.75 Å². The molecule has 0 aliphatic carbocycles. The molecule has 0 saturated heterocycles. The summed E-state index contributed by atoms with van der Waals surface area (Å²) in [4.78, 5) is 23.5. The number of carbonyl (C=O) groups is 2.